The highest BCUT2D eigenvalue weighted by atomic mass is 35.5. The molecule has 1 heterocycles. The van der Waals surface area contributed by atoms with Gasteiger partial charge in [-0.1, -0.05) is 23.7 Å². The van der Waals surface area contributed by atoms with Crippen LogP contribution < -0.4 is 16.4 Å². The molecule has 7 heteroatoms. The fourth-order valence-electron chi connectivity index (χ4n) is 2.70. The largest absolute Gasteiger partial charge is 0.368 e. The number of nitrogens with one attached hydrogen (secondary N) is 2. The maximum atomic E-state index is 12.0. The Morgan fingerprint density at radius 2 is 2.04 bits per heavy atom. The number of hydrogen-bond acceptors (Lipinski definition) is 5. The smallest absolute Gasteiger partial charge is 0.252 e. The van der Waals surface area contributed by atoms with Gasteiger partial charge in [0.2, 0.25) is 0 Å². The highest BCUT2D eigenvalue weighted by Crippen LogP contribution is 2.34. The molecule has 6 nitrogen and oxygen atoms in total. The third-order valence-electron chi connectivity index (χ3n) is 4.12. The summed E-state index contributed by atoms with van der Waals surface area (Å²) in [4.78, 5) is 20.5. The lowest BCUT2D eigenvalue weighted by Gasteiger charge is -2.31. The summed E-state index contributed by atoms with van der Waals surface area (Å²) in [5.74, 6) is 1.00. The zero-order valence-electron chi connectivity index (χ0n) is 13.2. The van der Waals surface area contributed by atoms with E-state index in [0.717, 1.165) is 24.4 Å². The topological polar surface area (TPSA) is 92.9 Å². The highest BCUT2D eigenvalue weighted by Gasteiger charge is 2.28. The maximum absolute atomic E-state index is 12.0. The van der Waals surface area contributed by atoms with Crippen molar-refractivity contribution in [1.29, 1.82) is 0 Å². The fraction of sp³-hybridized carbons (Fsp3) is 0.353. The number of halogens is 1. The van der Waals surface area contributed by atoms with Crippen LogP contribution in [0.2, 0.25) is 5.02 Å². The average molecular weight is 346 g/mol. The van der Waals surface area contributed by atoms with E-state index in [-0.39, 0.29) is 5.91 Å². The standard InChI is InChI=1S/C17H20ClN5O/c18-14-4-2-1-3-13(14)17(24)21-6-5-20-16-9-15(22-10-23-16)11-7-12(19)8-11/h1-4,9-12H,5-8,19H2,(H,21,24)(H,20,22,23). The number of rotatable bonds is 6. The molecule has 0 atom stereocenters. The quantitative estimate of drug-likeness (QED) is 0.698. The van der Waals surface area contributed by atoms with Gasteiger partial charge in [-0.05, 0) is 25.0 Å². The summed E-state index contributed by atoms with van der Waals surface area (Å²) in [6, 6.07) is 9.22. The second-order valence-electron chi connectivity index (χ2n) is 5.92. The Bertz CT molecular complexity index is 718. The maximum Gasteiger partial charge on any atom is 0.252 e. The van der Waals surface area contributed by atoms with Crippen molar-refractivity contribution in [3.8, 4) is 0 Å². The summed E-state index contributed by atoms with van der Waals surface area (Å²) in [7, 11) is 0. The molecular weight excluding hydrogens is 326 g/mol. The fourth-order valence-corrected chi connectivity index (χ4v) is 2.92. The number of aromatic nitrogens is 2. The van der Waals surface area contributed by atoms with E-state index < -0.39 is 0 Å². The minimum absolute atomic E-state index is 0.186. The minimum atomic E-state index is -0.186. The second-order valence-corrected chi connectivity index (χ2v) is 6.33. The van der Waals surface area contributed by atoms with Crippen molar-refractivity contribution in [3.05, 3.63) is 52.9 Å². The Balaban J connectivity index is 1.46. The lowest BCUT2D eigenvalue weighted by atomic mass is 9.79. The molecule has 0 spiro atoms. The number of anilines is 1. The number of nitrogens with zero attached hydrogens (tertiary/aromatic N) is 2. The van der Waals surface area contributed by atoms with Gasteiger partial charge in [0.15, 0.2) is 0 Å². The van der Waals surface area contributed by atoms with Crippen LogP contribution in [-0.4, -0.2) is 35.0 Å². The van der Waals surface area contributed by atoms with E-state index in [9.17, 15) is 4.79 Å². The third kappa shape index (κ3) is 4.01. The van der Waals surface area contributed by atoms with Crippen LogP contribution in [0, 0.1) is 0 Å². The zero-order valence-corrected chi connectivity index (χ0v) is 14.0. The third-order valence-corrected chi connectivity index (χ3v) is 4.45. The van der Waals surface area contributed by atoms with E-state index >= 15 is 0 Å². The monoisotopic (exact) mass is 345 g/mol. The molecule has 1 amide bonds. The first-order chi connectivity index (χ1) is 11.6. The number of nitrogens with two attached hydrogens (primary N) is 1. The molecule has 1 aliphatic carbocycles. The van der Waals surface area contributed by atoms with E-state index in [1.165, 1.54) is 0 Å². The van der Waals surface area contributed by atoms with Gasteiger partial charge in [-0.2, -0.15) is 0 Å². The van der Waals surface area contributed by atoms with E-state index in [4.69, 9.17) is 17.3 Å². The van der Waals surface area contributed by atoms with Crippen molar-refractivity contribution < 1.29 is 4.79 Å². The van der Waals surface area contributed by atoms with Gasteiger partial charge < -0.3 is 16.4 Å². The van der Waals surface area contributed by atoms with Crippen LogP contribution in [-0.2, 0) is 0 Å². The van der Waals surface area contributed by atoms with Crippen LogP contribution in [0.4, 0.5) is 5.82 Å². The summed E-state index contributed by atoms with van der Waals surface area (Å²) in [6.07, 6.45) is 3.51. The zero-order chi connectivity index (χ0) is 16.9. The summed E-state index contributed by atoms with van der Waals surface area (Å²) in [5, 5.41) is 6.47. The molecule has 1 aliphatic rings. The Morgan fingerprint density at radius 3 is 2.79 bits per heavy atom. The Kier molecular flexibility index (Phi) is 5.27. The van der Waals surface area contributed by atoms with Crippen LogP contribution in [0.5, 0.6) is 0 Å². The van der Waals surface area contributed by atoms with Crippen molar-refractivity contribution in [2.75, 3.05) is 18.4 Å². The molecule has 0 radical (unpaired) electrons. The highest BCUT2D eigenvalue weighted by molar-refractivity contribution is 6.33. The lowest BCUT2D eigenvalue weighted by Crippen LogP contribution is -2.35. The molecule has 126 valence electrons. The predicted molar refractivity (Wildman–Crippen MR) is 94.3 cm³/mol. The van der Waals surface area contributed by atoms with E-state index in [2.05, 4.69) is 20.6 Å². The molecule has 1 saturated carbocycles. The van der Waals surface area contributed by atoms with Crippen LogP contribution in [0.3, 0.4) is 0 Å². The van der Waals surface area contributed by atoms with Crippen LogP contribution in [0.15, 0.2) is 36.7 Å². The van der Waals surface area contributed by atoms with Gasteiger partial charge in [0, 0.05) is 36.8 Å². The van der Waals surface area contributed by atoms with Crippen molar-refractivity contribution in [2.24, 2.45) is 5.73 Å². The first-order valence-electron chi connectivity index (χ1n) is 7.97. The second kappa shape index (κ2) is 7.59. The molecule has 24 heavy (non-hydrogen) atoms. The molecule has 1 aromatic carbocycles. The van der Waals surface area contributed by atoms with Crippen molar-refractivity contribution in [2.45, 2.75) is 24.8 Å². The van der Waals surface area contributed by atoms with Gasteiger partial charge in [0.05, 0.1) is 10.6 Å². The van der Waals surface area contributed by atoms with Crippen LogP contribution >= 0.6 is 11.6 Å². The van der Waals surface area contributed by atoms with Crippen molar-refractivity contribution in [3.63, 3.8) is 0 Å². The van der Waals surface area contributed by atoms with Gasteiger partial charge in [0.25, 0.3) is 5.91 Å². The number of carbonyl (C=O) groups is 1. The normalized spacial score (nSPS) is 19.4. The first kappa shape index (κ1) is 16.7. The molecule has 1 aromatic heterocycles. The van der Waals surface area contributed by atoms with Gasteiger partial charge in [0.1, 0.15) is 12.1 Å². The van der Waals surface area contributed by atoms with E-state index in [0.29, 0.717) is 35.6 Å². The van der Waals surface area contributed by atoms with Crippen LogP contribution in [0.1, 0.15) is 34.8 Å². The summed E-state index contributed by atoms with van der Waals surface area (Å²) in [6.45, 7) is 1.04. The number of carbonyl (C=O) groups excluding carboxylic acids is 1. The summed E-state index contributed by atoms with van der Waals surface area (Å²) < 4.78 is 0. The Morgan fingerprint density at radius 1 is 1.25 bits per heavy atom. The minimum Gasteiger partial charge on any atom is -0.368 e. The molecule has 0 bridgehead atoms. The van der Waals surface area contributed by atoms with Gasteiger partial charge in [-0.15, -0.1) is 0 Å². The molecule has 2 aromatic rings. The van der Waals surface area contributed by atoms with Crippen molar-refractivity contribution in [1.82, 2.24) is 15.3 Å². The molecule has 0 aliphatic heterocycles. The number of benzene rings is 1. The Hall–Kier alpha value is -2.18. The molecule has 0 saturated heterocycles. The molecule has 1 fully saturated rings. The SMILES string of the molecule is NC1CC(c2cc(NCCNC(=O)c3ccccc3Cl)ncn2)C1. The molecular formula is C17H20ClN5O. The Labute approximate surface area is 145 Å². The summed E-state index contributed by atoms with van der Waals surface area (Å²) >= 11 is 6.00. The van der Waals surface area contributed by atoms with Crippen LogP contribution in [0.25, 0.3) is 0 Å². The predicted octanol–water partition coefficient (Wildman–Crippen LogP) is 2.18. The van der Waals surface area contributed by atoms with Gasteiger partial charge >= 0.3 is 0 Å². The average Bonchev–Trinajstić information content (AvgIpc) is 2.56. The first-order valence-corrected chi connectivity index (χ1v) is 8.35. The van der Waals surface area contributed by atoms with E-state index in [1.807, 2.05) is 6.07 Å². The van der Waals surface area contributed by atoms with Crippen molar-refractivity contribution >= 4 is 23.3 Å². The molecule has 0 unspecified atom stereocenters. The lowest BCUT2D eigenvalue weighted by molar-refractivity contribution is 0.0955. The van der Waals surface area contributed by atoms with E-state index in [1.54, 1.807) is 30.6 Å². The van der Waals surface area contributed by atoms with Gasteiger partial charge in [-0.3, -0.25) is 4.79 Å². The molecule has 3 rings (SSSR count). The molecule has 4 N–H and O–H groups in total. The number of hydrogen-bond donors (Lipinski definition) is 3. The number of amides is 1. The summed E-state index contributed by atoms with van der Waals surface area (Å²) in [5.41, 5.74) is 7.32. The van der Waals surface area contributed by atoms with Gasteiger partial charge in [-0.25, -0.2) is 9.97 Å².